The molecule has 5 rings (SSSR count). The number of imide groups is 1. The number of nitrogens with zero attached hydrogens (tertiary/aromatic N) is 2. The van der Waals surface area contributed by atoms with E-state index in [1.165, 1.54) is 4.57 Å². The molecule has 0 spiro atoms. The van der Waals surface area contributed by atoms with Gasteiger partial charge in [-0.25, -0.2) is 4.79 Å². The lowest BCUT2D eigenvalue weighted by molar-refractivity contribution is -0.135. The van der Waals surface area contributed by atoms with Crippen LogP contribution >= 0.6 is 0 Å². The van der Waals surface area contributed by atoms with E-state index < -0.39 is 23.3 Å². The number of fused-ring (bicyclic) bond motifs is 1. The molecule has 0 saturated carbocycles. The molecule has 3 aliphatic heterocycles. The van der Waals surface area contributed by atoms with Gasteiger partial charge in [-0.05, 0) is 88.3 Å². The normalized spacial score (nSPS) is 24.8. The summed E-state index contributed by atoms with van der Waals surface area (Å²) in [6.45, 7) is 4.67. The first-order valence-electron chi connectivity index (χ1n) is 12.1. The summed E-state index contributed by atoms with van der Waals surface area (Å²) in [6.07, 6.45) is 5.02. The van der Waals surface area contributed by atoms with E-state index in [1.807, 2.05) is 18.2 Å². The first-order valence-corrected chi connectivity index (χ1v) is 12.1. The molecule has 0 radical (unpaired) electrons. The number of rotatable bonds is 5. The van der Waals surface area contributed by atoms with Crippen molar-refractivity contribution in [3.8, 4) is 0 Å². The molecule has 9 heteroatoms. The van der Waals surface area contributed by atoms with E-state index in [1.54, 1.807) is 0 Å². The van der Waals surface area contributed by atoms with Crippen molar-refractivity contribution in [1.82, 2.24) is 20.1 Å². The fraction of sp³-hybridized carbons (Fsp3) is 0.625. The molecular weight excluding hydrogens is 424 g/mol. The molecule has 3 N–H and O–H groups in total. The number of carbonyl (C=O) groups is 2. The van der Waals surface area contributed by atoms with Crippen molar-refractivity contribution in [1.29, 1.82) is 0 Å². The summed E-state index contributed by atoms with van der Waals surface area (Å²) in [5.74, 6) is -0.948. The van der Waals surface area contributed by atoms with Crippen LogP contribution in [0.1, 0.15) is 62.5 Å². The highest BCUT2D eigenvalue weighted by atomic mass is 16.4. The van der Waals surface area contributed by atoms with Crippen molar-refractivity contribution < 1.29 is 19.1 Å². The van der Waals surface area contributed by atoms with Crippen LogP contribution in [0.4, 0.5) is 0 Å². The molecule has 3 fully saturated rings. The molecule has 2 aromatic rings. The molecule has 3 aliphatic rings. The second kappa shape index (κ2) is 9.04. The Hall–Kier alpha value is -2.49. The Morgan fingerprint density at radius 3 is 2.58 bits per heavy atom. The number of hydrogen-bond donors (Lipinski definition) is 3. The number of piperidine rings is 3. The number of amides is 2. The Bertz CT molecular complexity index is 1090. The molecule has 1 aromatic carbocycles. The molecule has 0 bridgehead atoms. The van der Waals surface area contributed by atoms with E-state index in [0.717, 1.165) is 70.4 Å². The van der Waals surface area contributed by atoms with E-state index in [4.69, 9.17) is 4.42 Å². The van der Waals surface area contributed by atoms with Gasteiger partial charge in [-0.1, -0.05) is 6.07 Å². The average molecular weight is 457 g/mol. The van der Waals surface area contributed by atoms with Gasteiger partial charge in [0.05, 0.1) is 11.1 Å². The van der Waals surface area contributed by atoms with Gasteiger partial charge >= 0.3 is 5.76 Å². The summed E-state index contributed by atoms with van der Waals surface area (Å²) < 4.78 is 6.87. The Kier molecular flexibility index (Phi) is 6.11. The topological polar surface area (TPSA) is 117 Å². The number of aromatic nitrogens is 1. The number of hydrogen-bond acceptors (Lipinski definition) is 7. The van der Waals surface area contributed by atoms with Crippen LogP contribution in [0.15, 0.2) is 27.4 Å². The van der Waals surface area contributed by atoms with Crippen LogP contribution in [-0.2, 0) is 9.59 Å². The number of oxazole rings is 1. The highest BCUT2D eigenvalue weighted by Gasteiger charge is 2.32. The Labute approximate surface area is 192 Å². The highest BCUT2D eigenvalue weighted by molar-refractivity contribution is 6.00. The molecule has 3 saturated heterocycles. The minimum atomic E-state index is -0.722. The van der Waals surface area contributed by atoms with Crippen molar-refractivity contribution >= 4 is 22.9 Å². The molecule has 9 nitrogen and oxygen atoms in total. The summed E-state index contributed by atoms with van der Waals surface area (Å²) in [5, 5.41) is 16.3. The maximum absolute atomic E-state index is 12.5. The van der Waals surface area contributed by atoms with Gasteiger partial charge in [0.1, 0.15) is 6.04 Å². The zero-order valence-electron chi connectivity index (χ0n) is 18.8. The average Bonchev–Trinajstić information content (AvgIpc) is 3.13. The van der Waals surface area contributed by atoms with Gasteiger partial charge < -0.3 is 19.7 Å². The van der Waals surface area contributed by atoms with Crippen LogP contribution in [0.25, 0.3) is 11.1 Å². The van der Waals surface area contributed by atoms with Crippen LogP contribution in [-0.4, -0.2) is 64.7 Å². The Balaban J connectivity index is 1.23. The zero-order valence-corrected chi connectivity index (χ0v) is 18.8. The molecule has 33 heavy (non-hydrogen) atoms. The van der Waals surface area contributed by atoms with Gasteiger partial charge in [-0.15, -0.1) is 0 Å². The van der Waals surface area contributed by atoms with E-state index >= 15 is 0 Å². The largest absolute Gasteiger partial charge is 0.420 e. The maximum Gasteiger partial charge on any atom is 0.420 e. The van der Waals surface area contributed by atoms with Crippen molar-refractivity contribution in [2.45, 2.75) is 62.5 Å². The Morgan fingerprint density at radius 1 is 1.09 bits per heavy atom. The second-order valence-electron chi connectivity index (χ2n) is 9.77. The first-order chi connectivity index (χ1) is 15.9. The van der Waals surface area contributed by atoms with Crippen molar-refractivity contribution in [2.75, 3.05) is 32.7 Å². The summed E-state index contributed by atoms with van der Waals surface area (Å²) in [7, 11) is 0. The summed E-state index contributed by atoms with van der Waals surface area (Å²) >= 11 is 0. The van der Waals surface area contributed by atoms with E-state index in [2.05, 4.69) is 15.5 Å². The quantitative estimate of drug-likeness (QED) is 0.580. The summed E-state index contributed by atoms with van der Waals surface area (Å²) in [6, 6.07) is 5.09. The maximum atomic E-state index is 12.5. The zero-order chi connectivity index (χ0) is 23.0. The van der Waals surface area contributed by atoms with Crippen molar-refractivity contribution in [2.24, 2.45) is 0 Å². The third-order valence-electron chi connectivity index (χ3n) is 7.65. The number of carbonyl (C=O) groups excluding carboxylic acids is 2. The minimum absolute atomic E-state index is 0.209. The number of nitrogens with one attached hydrogen (secondary N) is 2. The van der Waals surface area contributed by atoms with Gasteiger partial charge in [0.2, 0.25) is 11.8 Å². The SMILES string of the molecule is O=C1CCC(n2c(=O)oc3cc(C4CCN(CCC5(O)CCNCC5)CC4)ccc32)C(=O)N1. The Morgan fingerprint density at radius 2 is 1.85 bits per heavy atom. The lowest BCUT2D eigenvalue weighted by atomic mass is 9.87. The van der Waals surface area contributed by atoms with E-state index in [0.29, 0.717) is 23.4 Å². The van der Waals surface area contributed by atoms with Crippen LogP contribution in [0.3, 0.4) is 0 Å². The first kappa shape index (κ1) is 22.3. The summed E-state index contributed by atoms with van der Waals surface area (Å²) in [5.41, 5.74) is 1.69. The molecule has 2 amide bonds. The third-order valence-corrected chi connectivity index (χ3v) is 7.65. The van der Waals surface area contributed by atoms with Crippen molar-refractivity contribution in [3.05, 3.63) is 34.3 Å². The van der Waals surface area contributed by atoms with Gasteiger partial charge in [0.25, 0.3) is 0 Å². The standard InChI is InChI=1S/C24H32N4O5/c29-21-4-3-19(22(30)26-21)28-18-2-1-17(15-20(18)33-23(28)31)16-5-12-27(13-6-16)14-9-24(32)7-10-25-11-8-24/h1-2,15-16,19,25,32H,3-14H2,(H,26,29,30). The summed E-state index contributed by atoms with van der Waals surface area (Å²) in [4.78, 5) is 38.7. The third kappa shape index (κ3) is 4.62. The fourth-order valence-electron chi connectivity index (χ4n) is 5.53. The van der Waals surface area contributed by atoms with Crippen LogP contribution in [0, 0.1) is 0 Å². The predicted octanol–water partition coefficient (Wildman–Crippen LogP) is 1.26. The molecule has 1 aromatic heterocycles. The molecular formula is C24H32N4O5. The minimum Gasteiger partial charge on any atom is -0.408 e. The highest BCUT2D eigenvalue weighted by Crippen LogP contribution is 2.32. The smallest absolute Gasteiger partial charge is 0.408 e. The monoisotopic (exact) mass is 456 g/mol. The van der Waals surface area contributed by atoms with Gasteiger partial charge in [0, 0.05) is 13.0 Å². The van der Waals surface area contributed by atoms with Crippen LogP contribution in [0.5, 0.6) is 0 Å². The second-order valence-corrected chi connectivity index (χ2v) is 9.77. The number of likely N-dealkylation sites (tertiary alicyclic amines) is 1. The van der Waals surface area contributed by atoms with Gasteiger partial charge in [-0.3, -0.25) is 19.5 Å². The van der Waals surface area contributed by atoms with Gasteiger partial charge in [0.15, 0.2) is 5.58 Å². The van der Waals surface area contributed by atoms with E-state index in [9.17, 15) is 19.5 Å². The molecule has 1 unspecified atom stereocenters. The van der Waals surface area contributed by atoms with Gasteiger partial charge in [-0.2, -0.15) is 0 Å². The molecule has 4 heterocycles. The molecule has 178 valence electrons. The van der Waals surface area contributed by atoms with Crippen molar-refractivity contribution in [3.63, 3.8) is 0 Å². The van der Waals surface area contributed by atoms with Crippen LogP contribution < -0.4 is 16.4 Å². The molecule has 0 aliphatic carbocycles. The lowest BCUT2D eigenvalue weighted by Crippen LogP contribution is -2.45. The predicted molar refractivity (Wildman–Crippen MR) is 122 cm³/mol. The van der Waals surface area contributed by atoms with E-state index in [-0.39, 0.29) is 12.3 Å². The number of aliphatic hydroxyl groups is 1. The molecule has 1 atom stereocenters. The lowest BCUT2D eigenvalue weighted by Gasteiger charge is -2.37. The number of benzene rings is 1. The van der Waals surface area contributed by atoms with Crippen LogP contribution in [0.2, 0.25) is 0 Å². The fourth-order valence-corrected chi connectivity index (χ4v) is 5.53.